The van der Waals surface area contributed by atoms with E-state index >= 15 is 0 Å². The third-order valence-electron chi connectivity index (χ3n) is 9.56. The number of hydrogen-bond acceptors (Lipinski definition) is 8. The molecule has 0 amide bonds. The van der Waals surface area contributed by atoms with Gasteiger partial charge in [0.15, 0.2) is 5.16 Å². The van der Waals surface area contributed by atoms with Gasteiger partial charge >= 0.3 is 11.9 Å². The van der Waals surface area contributed by atoms with Crippen molar-refractivity contribution in [3.63, 3.8) is 0 Å². The fourth-order valence-electron chi connectivity index (χ4n) is 7.02. The molecule has 1 atom stereocenters. The fourth-order valence-corrected chi connectivity index (χ4v) is 7.87. The highest BCUT2D eigenvalue weighted by molar-refractivity contribution is 7.99. The molecule has 0 saturated heterocycles. The van der Waals surface area contributed by atoms with Crippen LogP contribution in [0.4, 0.5) is 0 Å². The van der Waals surface area contributed by atoms with E-state index in [4.69, 9.17) is 19.2 Å². The average molecular weight is 718 g/mol. The van der Waals surface area contributed by atoms with E-state index < -0.39 is 17.9 Å². The van der Waals surface area contributed by atoms with Gasteiger partial charge in [0.1, 0.15) is 5.75 Å². The van der Waals surface area contributed by atoms with Crippen molar-refractivity contribution in [3.05, 3.63) is 76.1 Å². The minimum Gasteiger partial charge on any atom is -0.494 e. The summed E-state index contributed by atoms with van der Waals surface area (Å²) in [7, 11) is 1.38. The number of carbonyl (C=O) groups is 2. The van der Waals surface area contributed by atoms with Gasteiger partial charge in [0, 0.05) is 22.7 Å². The molecule has 1 aromatic heterocycles. The molecule has 2 heterocycles. The summed E-state index contributed by atoms with van der Waals surface area (Å²) in [5.41, 5.74) is 5.81. The summed E-state index contributed by atoms with van der Waals surface area (Å²) in [5.74, 6) is -0.627. The van der Waals surface area contributed by atoms with Crippen LogP contribution in [0, 0.1) is 0 Å². The summed E-state index contributed by atoms with van der Waals surface area (Å²) < 4.78 is 17.3. The molecule has 0 bridgehead atoms. The molecule has 0 aliphatic carbocycles. The number of carbonyl (C=O) groups excluding carboxylic acids is 2. The predicted octanol–water partition coefficient (Wildman–Crippen LogP) is 10.3. The van der Waals surface area contributed by atoms with Gasteiger partial charge in [0.25, 0.3) is 0 Å². The first-order valence-electron chi connectivity index (χ1n) is 19.2. The second kappa shape index (κ2) is 21.6. The number of thioether (sulfide) groups is 1. The molecule has 3 aromatic rings. The molecule has 9 heteroatoms. The molecule has 51 heavy (non-hydrogen) atoms. The molecule has 0 spiro atoms. The van der Waals surface area contributed by atoms with Gasteiger partial charge in [0.2, 0.25) is 0 Å². The van der Waals surface area contributed by atoms with E-state index in [-0.39, 0.29) is 6.61 Å². The minimum atomic E-state index is -0.733. The van der Waals surface area contributed by atoms with Crippen LogP contribution in [0.2, 0.25) is 0 Å². The van der Waals surface area contributed by atoms with Crippen molar-refractivity contribution in [1.82, 2.24) is 15.3 Å². The van der Waals surface area contributed by atoms with E-state index in [1.165, 1.54) is 89.5 Å². The van der Waals surface area contributed by atoms with E-state index in [0.29, 0.717) is 40.6 Å². The van der Waals surface area contributed by atoms with Crippen molar-refractivity contribution in [1.29, 1.82) is 0 Å². The molecule has 0 saturated carbocycles. The van der Waals surface area contributed by atoms with Crippen molar-refractivity contribution in [2.24, 2.45) is 0 Å². The predicted molar refractivity (Wildman–Crippen MR) is 208 cm³/mol. The largest absolute Gasteiger partial charge is 0.494 e. The lowest BCUT2D eigenvalue weighted by atomic mass is 9.77. The second-order valence-corrected chi connectivity index (χ2v) is 14.3. The highest BCUT2D eigenvalue weighted by Crippen LogP contribution is 2.45. The molecule has 8 nitrogen and oxygen atoms in total. The smallest absolute Gasteiger partial charge is 0.336 e. The van der Waals surface area contributed by atoms with Crippen LogP contribution >= 0.6 is 11.8 Å². The zero-order chi connectivity index (χ0) is 36.4. The lowest BCUT2D eigenvalue weighted by Gasteiger charge is -2.33. The van der Waals surface area contributed by atoms with Gasteiger partial charge in [-0.25, -0.2) is 14.6 Å². The topological polar surface area (TPSA) is 103 Å². The van der Waals surface area contributed by atoms with Crippen molar-refractivity contribution in [2.45, 2.75) is 129 Å². The van der Waals surface area contributed by atoms with Gasteiger partial charge in [-0.05, 0) is 57.4 Å². The Morgan fingerprint density at radius 1 is 0.784 bits per heavy atom. The Balaban J connectivity index is 1.57. The maximum Gasteiger partial charge on any atom is 0.336 e. The normalized spacial score (nSPS) is 14.6. The summed E-state index contributed by atoms with van der Waals surface area (Å²) in [6, 6.07) is 13.9. The molecule has 0 fully saturated rings. The van der Waals surface area contributed by atoms with Gasteiger partial charge in [-0.15, -0.1) is 0 Å². The van der Waals surface area contributed by atoms with E-state index in [9.17, 15) is 9.59 Å². The summed E-state index contributed by atoms with van der Waals surface area (Å²) in [5, 5.41) is 4.14. The number of nitrogens with zero attached hydrogens (tertiary/aromatic N) is 1. The molecule has 1 unspecified atom stereocenters. The highest BCUT2D eigenvalue weighted by Gasteiger charge is 2.41. The third-order valence-corrected chi connectivity index (χ3v) is 10.5. The number of para-hydroxylation sites is 2. The molecule has 0 radical (unpaired) electrons. The van der Waals surface area contributed by atoms with Gasteiger partial charge in [0.05, 0.1) is 48.4 Å². The number of ether oxygens (including phenoxy) is 3. The average Bonchev–Trinajstić information content (AvgIpc) is 3.55. The lowest BCUT2D eigenvalue weighted by molar-refractivity contribution is -0.139. The monoisotopic (exact) mass is 717 g/mol. The molecule has 4 rings (SSSR count). The van der Waals surface area contributed by atoms with Crippen LogP contribution in [-0.4, -0.2) is 48.0 Å². The number of nitrogens with one attached hydrogen (secondary N) is 2. The maximum atomic E-state index is 14.0. The molecule has 1 aliphatic heterocycles. The van der Waals surface area contributed by atoms with Crippen LogP contribution in [0.15, 0.2) is 70.2 Å². The number of aromatic amines is 1. The van der Waals surface area contributed by atoms with Crippen molar-refractivity contribution >= 4 is 34.7 Å². The van der Waals surface area contributed by atoms with Crippen molar-refractivity contribution in [3.8, 4) is 5.75 Å². The molecule has 2 N–H and O–H groups in total. The Bertz CT molecular complexity index is 1590. The standard InChI is InChI=1S/C42H59N3O5S/c1-6-9-10-11-12-13-14-15-16-17-18-19-20-24-31-25-23-28-35(49-7-2)37(31)39-36(40(46)48-5)30(4)43-34(38(39)41(47)50-8-3)29-51-42-44-32-26-21-22-27-33(32)45-42/h21-23,25-28,39,43H,6-20,24,29H2,1-5H3,(H,44,45). The number of esters is 2. The number of dihydropyridines is 1. The Kier molecular flexibility index (Phi) is 17.0. The fraction of sp³-hybridized carbons (Fsp3) is 0.548. The first kappa shape index (κ1) is 40.1. The zero-order valence-electron chi connectivity index (χ0n) is 31.5. The highest BCUT2D eigenvalue weighted by atomic mass is 32.2. The Labute approximate surface area is 309 Å². The Morgan fingerprint density at radius 2 is 1.45 bits per heavy atom. The molecule has 1 aliphatic rings. The zero-order valence-corrected chi connectivity index (χ0v) is 32.4. The van der Waals surface area contributed by atoms with Gasteiger partial charge in [-0.2, -0.15) is 0 Å². The first-order valence-corrected chi connectivity index (χ1v) is 20.2. The number of H-pyrrole nitrogens is 1. The van der Waals surface area contributed by atoms with Crippen LogP contribution in [0.3, 0.4) is 0 Å². The molecule has 2 aromatic carbocycles. The number of fused-ring (bicyclic) bond motifs is 1. The van der Waals surface area contributed by atoms with E-state index in [0.717, 1.165) is 46.6 Å². The number of hydrogen-bond donors (Lipinski definition) is 2. The Morgan fingerprint density at radius 3 is 2.08 bits per heavy atom. The summed E-state index contributed by atoms with van der Waals surface area (Å²) >= 11 is 1.49. The first-order chi connectivity index (χ1) is 24.9. The van der Waals surface area contributed by atoms with Crippen LogP contribution in [0.25, 0.3) is 11.0 Å². The third kappa shape index (κ3) is 11.4. The summed E-state index contributed by atoms with van der Waals surface area (Å²) in [4.78, 5) is 35.7. The number of imidazole rings is 1. The van der Waals surface area contributed by atoms with Crippen LogP contribution in [0.1, 0.15) is 128 Å². The van der Waals surface area contributed by atoms with E-state index in [1.807, 2.05) is 50.2 Å². The van der Waals surface area contributed by atoms with Crippen molar-refractivity contribution in [2.75, 3.05) is 26.1 Å². The number of benzene rings is 2. The lowest BCUT2D eigenvalue weighted by Crippen LogP contribution is -2.34. The Hall–Kier alpha value is -3.72. The molecular formula is C42H59N3O5S. The van der Waals surface area contributed by atoms with Gasteiger partial charge in [-0.3, -0.25) is 0 Å². The molecular weight excluding hydrogens is 659 g/mol. The maximum absolute atomic E-state index is 14.0. The van der Waals surface area contributed by atoms with Gasteiger partial charge in [-0.1, -0.05) is 120 Å². The quantitative estimate of drug-likeness (QED) is 0.0568. The number of aryl methyl sites for hydroxylation is 1. The number of allylic oxidation sites excluding steroid dienone is 1. The SMILES string of the molecule is CCCCCCCCCCCCCCCc1cccc(OCC)c1C1C(C(=O)OC)=C(C)NC(CSc2nc3ccccc3[nH]2)=C1C(=O)OCC. The van der Waals surface area contributed by atoms with Crippen molar-refractivity contribution < 1.29 is 23.8 Å². The minimum absolute atomic E-state index is 0.203. The number of methoxy groups -OCH3 is 1. The van der Waals surface area contributed by atoms with E-state index in [1.54, 1.807) is 6.92 Å². The number of aromatic nitrogens is 2. The molecule has 278 valence electrons. The van der Waals surface area contributed by atoms with E-state index in [2.05, 4.69) is 23.3 Å². The number of unbranched alkanes of at least 4 members (excludes halogenated alkanes) is 12. The van der Waals surface area contributed by atoms with Crippen LogP contribution in [0.5, 0.6) is 5.75 Å². The summed E-state index contributed by atoms with van der Waals surface area (Å²) in [6.07, 6.45) is 17.5. The summed E-state index contributed by atoms with van der Waals surface area (Å²) in [6.45, 7) is 8.53. The second-order valence-electron chi connectivity index (χ2n) is 13.3. The van der Waals surface area contributed by atoms with Gasteiger partial charge < -0.3 is 24.5 Å². The van der Waals surface area contributed by atoms with Crippen LogP contribution < -0.4 is 10.1 Å². The van der Waals surface area contributed by atoms with Crippen LogP contribution in [-0.2, 0) is 25.5 Å². The number of rotatable bonds is 23.